The lowest BCUT2D eigenvalue weighted by Crippen LogP contribution is -2.17. The Kier molecular flexibility index (Phi) is 6.78. The van der Waals surface area contributed by atoms with Gasteiger partial charge in [-0.2, -0.15) is 0 Å². The quantitative estimate of drug-likeness (QED) is 0.610. The van der Waals surface area contributed by atoms with Crippen LogP contribution >= 0.6 is 11.6 Å². The van der Waals surface area contributed by atoms with Crippen molar-refractivity contribution in [1.29, 1.82) is 0 Å². The zero-order valence-electron chi connectivity index (χ0n) is 15.4. The van der Waals surface area contributed by atoms with Crippen LogP contribution in [0.15, 0.2) is 47.4 Å². The van der Waals surface area contributed by atoms with E-state index in [-0.39, 0.29) is 27.9 Å². The molecular weight excluding hydrogens is 388 g/mol. The number of hydrogen-bond donors (Lipinski definition) is 0. The summed E-state index contributed by atoms with van der Waals surface area (Å²) in [6.07, 6.45) is 0.388. The number of methoxy groups -OCH3 is 1. The second-order valence-electron chi connectivity index (χ2n) is 6.57. The van der Waals surface area contributed by atoms with Gasteiger partial charge < -0.3 is 4.74 Å². The van der Waals surface area contributed by atoms with Crippen LogP contribution in [0.2, 0.25) is 5.02 Å². The van der Waals surface area contributed by atoms with Crippen LogP contribution in [0, 0.1) is 5.92 Å². The molecule has 0 aliphatic rings. The van der Waals surface area contributed by atoms with E-state index in [0.717, 1.165) is 0 Å². The Morgan fingerprint density at radius 1 is 1.04 bits per heavy atom. The summed E-state index contributed by atoms with van der Waals surface area (Å²) in [6.45, 7) is 3.87. The highest BCUT2D eigenvalue weighted by Crippen LogP contribution is 2.24. The maximum absolute atomic E-state index is 12.6. The van der Waals surface area contributed by atoms with Gasteiger partial charge in [0.2, 0.25) is 0 Å². The summed E-state index contributed by atoms with van der Waals surface area (Å²) < 4.78 is 30.3. The molecule has 0 atom stereocenters. The van der Waals surface area contributed by atoms with Crippen molar-refractivity contribution in [2.45, 2.75) is 25.2 Å². The molecule has 7 heteroatoms. The van der Waals surface area contributed by atoms with Crippen LogP contribution in [-0.4, -0.2) is 32.8 Å². The number of ether oxygens (including phenoxy) is 1. The number of carbonyl (C=O) groups excluding carboxylic acids is 2. The number of Topliss-reactive ketones (excluding diaryl/α,β-unsaturated/α-hetero) is 2. The van der Waals surface area contributed by atoms with E-state index >= 15 is 0 Å². The molecule has 0 radical (unpaired) electrons. The first kappa shape index (κ1) is 21.1. The Labute approximate surface area is 164 Å². The van der Waals surface area contributed by atoms with Gasteiger partial charge in [0.15, 0.2) is 21.4 Å². The van der Waals surface area contributed by atoms with Crippen molar-refractivity contribution in [1.82, 2.24) is 0 Å². The van der Waals surface area contributed by atoms with Crippen LogP contribution in [0.5, 0.6) is 5.75 Å². The number of benzene rings is 2. The maximum Gasteiger partial charge on any atom is 0.185 e. The second-order valence-corrected chi connectivity index (χ2v) is 9.00. The van der Waals surface area contributed by atoms with Gasteiger partial charge >= 0.3 is 0 Å². The zero-order chi connectivity index (χ0) is 20.2. The van der Waals surface area contributed by atoms with E-state index in [0.29, 0.717) is 17.0 Å². The number of halogens is 1. The van der Waals surface area contributed by atoms with E-state index in [1.807, 2.05) is 13.8 Å². The van der Waals surface area contributed by atoms with Crippen LogP contribution in [0.3, 0.4) is 0 Å². The third kappa shape index (κ3) is 5.40. The molecule has 2 aromatic rings. The molecule has 0 saturated carbocycles. The van der Waals surface area contributed by atoms with E-state index in [1.54, 1.807) is 6.07 Å². The van der Waals surface area contributed by atoms with Crippen molar-refractivity contribution in [3.05, 3.63) is 58.6 Å². The molecule has 0 bridgehead atoms. The number of sulfone groups is 1. The lowest BCUT2D eigenvalue weighted by Gasteiger charge is -2.09. The van der Waals surface area contributed by atoms with E-state index in [1.165, 1.54) is 43.5 Å². The van der Waals surface area contributed by atoms with E-state index in [9.17, 15) is 18.0 Å². The second kappa shape index (κ2) is 8.67. The molecule has 2 rings (SSSR count). The first-order valence-electron chi connectivity index (χ1n) is 8.37. The lowest BCUT2D eigenvalue weighted by atomic mass is 10.0. The standard InChI is InChI=1S/C20H21ClO5S/c1-13(2)10-18(22)14-4-7-16(8-5-14)27(24,25)12-19(23)17-11-15(21)6-9-20(17)26-3/h4-9,11,13H,10,12H2,1-3H3. The molecule has 0 fully saturated rings. The van der Waals surface area contributed by atoms with Crippen LogP contribution in [0.4, 0.5) is 0 Å². The number of carbonyl (C=O) groups is 2. The maximum atomic E-state index is 12.6. The Balaban J connectivity index is 2.23. The number of hydrogen-bond acceptors (Lipinski definition) is 5. The topological polar surface area (TPSA) is 77.5 Å². The molecule has 0 amide bonds. The summed E-state index contributed by atoms with van der Waals surface area (Å²) in [4.78, 5) is 24.5. The number of rotatable bonds is 8. The largest absolute Gasteiger partial charge is 0.496 e. The van der Waals surface area contributed by atoms with Crippen LogP contribution in [0.1, 0.15) is 41.0 Å². The summed E-state index contributed by atoms with van der Waals surface area (Å²) >= 11 is 5.90. The van der Waals surface area contributed by atoms with Crippen molar-refractivity contribution < 1.29 is 22.7 Å². The molecule has 0 aromatic heterocycles. The molecule has 0 unspecified atom stereocenters. The predicted octanol–water partition coefficient (Wildman–Crippen LogP) is 4.23. The minimum atomic E-state index is -3.87. The third-order valence-corrected chi connectivity index (χ3v) is 5.78. The first-order valence-corrected chi connectivity index (χ1v) is 10.4. The molecule has 0 spiro atoms. The summed E-state index contributed by atoms with van der Waals surface area (Å²) in [5.41, 5.74) is 0.558. The lowest BCUT2D eigenvalue weighted by molar-refractivity contribution is 0.0966. The van der Waals surface area contributed by atoms with Crippen LogP contribution in [-0.2, 0) is 9.84 Å². The highest BCUT2D eigenvalue weighted by atomic mass is 35.5. The summed E-state index contributed by atoms with van der Waals surface area (Å²) in [5, 5.41) is 0.310. The van der Waals surface area contributed by atoms with E-state index in [4.69, 9.17) is 16.3 Å². The average molecular weight is 409 g/mol. The highest BCUT2D eigenvalue weighted by Gasteiger charge is 2.23. The third-order valence-electron chi connectivity index (χ3n) is 3.91. The molecule has 144 valence electrons. The fraction of sp³-hybridized carbons (Fsp3) is 0.300. The first-order chi connectivity index (χ1) is 12.6. The van der Waals surface area contributed by atoms with Crippen molar-refractivity contribution in [2.24, 2.45) is 5.92 Å². The van der Waals surface area contributed by atoms with Crippen molar-refractivity contribution in [3.63, 3.8) is 0 Å². The van der Waals surface area contributed by atoms with Gasteiger partial charge in [0.05, 0.1) is 17.6 Å². The van der Waals surface area contributed by atoms with Crippen molar-refractivity contribution >= 4 is 33.0 Å². The fourth-order valence-corrected chi connectivity index (χ4v) is 3.96. The minimum absolute atomic E-state index is 0.0158. The monoisotopic (exact) mass is 408 g/mol. The van der Waals surface area contributed by atoms with Gasteiger partial charge in [0.25, 0.3) is 0 Å². The van der Waals surface area contributed by atoms with Gasteiger partial charge in [-0.25, -0.2) is 8.42 Å². The van der Waals surface area contributed by atoms with E-state index in [2.05, 4.69) is 0 Å². The van der Waals surface area contributed by atoms with Gasteiger partial charge in [0, 0.05) is 17.0 Å². The molecule has 0 heterocycles. The molecule has 27 heavy (non-hydrogen) atoms. The smallest absolute Gasteiger partial charge is 0.185 e. The average Bonchev–Trinajstić information content (AvgIpc) is 2.60. The Morgan fingerprint density at radius 2 is 1.67 bits per heavy atom. The predicted molar refractivity (Wildman–Crippen MR) is 105 cm³/mol. The zero-order valence-corrected chi connectivity index (χ0v) is 16.9. The Bertz CT molecular complexity index is 947. The summed E-state index contributed by atoms with van der Waals surface area (Å²) in [6, 6.07) is 10.1. The molecule has 0 aliphatic carbocycles. The van der Waals surface area contributed by atoms with E-state index < -0.39 is 21.4 Å². The van der Waals surface area contributed by atoms with Gasteiger partial charge in [-0.1, -0.05) is 37.6 Å². The molecule has 0 N–H and O–H groups in total. The van der Waals surface area contributed by atoms with Gasteiger partial charge in [0.1, 0.15) is 11.5 Å². The SMILES string of the molecule is COc1ccc(Cl)cc1C(=O)CS(=O)(=O)c1ccc(C(=O)CC(C)C)cc1. The highest BCUT2D eigenvalue weighted by molar-refractivity contribution is 7.92. The van der Waals surface area contributed by atoms with Crippen molar-refractivity contribution in [3.8, 4) is 5.75 Å². The van der Waals surface area contributed by atoms with Crippen LogP contribution in [0.25, 0.3) is 0 Å². The minimum Gasteiger partial charge on any atom is -0.496 e. The fourth-order valence-electron chi connectivity index (χ4n) is 2.57. The summed E-state index contributed by atoms with van der Waals surface area (Å²) in [7, 11) is -2.48. The molecular formula is C20H21ClO5S. The molecule has 0 saturated heterocycles. The Morgan fingerprint density at radius 3 is 2.22 bits per heavy atom. The molecule has 2 aromatic carbocycles. The van der Waals surface area contributed by atoms with Gasteiger partial charge in [-0.15, -0.1) is 0 Å². The normalized spacial score (nSPS) is 11.4. The Hall–Kier alpha value is -2.18. The molecule has 0 aliphatic heterocycles. The molecule has 5 nitrogen and oxygen atoms in total. The summed E-state index contributed by atoms with van der Waals surface area (Å²) in [5.74, 6) is -0.911. The van der Waals surface area contributed by atoms with Gasteiger partial charge in [-0.05, 0) is 36.2 Å². The van der Waals surface area contributed by atoms with Gasteiger partial charge in [-0.3, -0.25) is 9.59 Å². The van der Waals surface area contributed by atoms with Crippen molar-refractivity contribution in [2.75, 3.05) is 12.9 Å². The van der Waals surface area contributed by atoms with Crippen LogP contribution < -0.4 is 4.74 Å². The number of ketones is 2.